The highest BCUT2D eigenvalue weighted by Gasteiger charge is 2.22. The second-order valence-electron chi connectivity index (χ2n) is 8.95. The molecule has 9 heteroatoms. The first-order valence-electron chi connectivity index (χ1n) is 12.3. The molecule has 0 radical (unpaired) electrons. The molecular weight excluding hydrogens is 525 g/mol. The van der Waals surface area contributed by atoms with Crippen molar-refractivity contribution in [2.24, 2.45) is 11.0 Å². The van der Waals surface area contributed by atoms with Gasteiger partial charge in [-0.25, -0.2) is 5.43 Å². The van der Waals surface area contributed by atoms with Crippen molar-refractivity contribution in [1.29, 1.82) is 0 Å². The Hall–Kier alpha value is -3.55. The highest BCUT2D eigenvalue weighted by Crippen LogP contribution is 2.29. The summed E-state index contributed by atoms with van der Waals surface area (Å²) in [6, 6.07) is 18.5. The molecule has 0 heterocycles. The van der Waals surface area contributed by atoms with E-state index in [9.17, 15) is 9.59 Å². The zero-order valence-corrected chi connectivity index (χ0v) is 23.1. The largest absolute Gasteiger partial charge is 0.490 e. The lowest BCUT2D eigenvalue weighted by Crippen LogP contribution is -2.46. The Kier molecular flexibility index (Phi) is 11.0. The topological polar surface area (TPSA) is 89.0 Å². The minimum absolute atomic E-state index is 0.175. The number of rotatable bonds is 12. The van der Waals surface area contributed by atoms with Gasteiger partial charge >= 0.3 is 0 Å². The number of nitrogens with one attached hydrogen (secondary N) is 2. The molecule has 2 amide bonds. The van der Waals surface area contributed by atoms with E-state index in [4.69, 9.17) is 32.7 Å². The maximum Gasteiger partial charge on any atom is 0.262 e. The van der Waals surface area contributed by atoms with Crippen molar-refractivity contribution in [2.45, 2.75) is 39.8 Å². The second kappa shape index (κ2) is 14.4. The fourth-order valence-corrected chi connectivity index (χ4v) is 3.78. The highest BCUT2D eigenvalue weighted by atomic mass is 35.5. The highest BCUT2D eigenvalue weighted by molar-refractivity contribution is 6.30. The summed E-state index contributed by atoms with van der Waals surface area (Å²) in [5, 5.41) is 8.07. The molecule has 0 aliphatic heterocycles. The van der Waals surface area contributed by atoms with Gasteiger partial charge in [0.25, 0.3) is 11.8 Å². The monoisotopic (exact) mass is 555 g/mol. The molecule has 1 unspecified atom stereocenters. The Balaban J connectivity index is 1.63. The molecule has 0 fully saturated rings. The summed E-state index contributed by atoms with van der Waals surface area (Å²) < 4.78 is 11.7. The van der Waals surface area contributed by atoms with Gasteiger partial charge in [-0.2, -0.15) is 5.10 Å². The van der Waals surface area contributed by atoms with Gasteiger partial charge in [0, 0.05) is 15.6 Å². The minimum atomic E-state index is -0.752. The van der Waals surface area contributed by atoms with E-state index in [0.29, 0.717) is 52.3 Å². The van der Waals surface area contributed by atoms with E-state index in [1.165, 1.54) is 6.21 Å². The van der Waals surface area contributed by atoms with E-state index in [1.807, 2.05) is 51.1 Å². The van der Waals surface area contributed by atoms with Gasteiger partial charge in [-0.3, -0.25) is 9.59 Å². The minimum Gasteiger partial charge on any atom is -0.490 e. The zero-order chi connectivity index (χ0) is 27.5. The molecule has 0 aliphatic rings. The fourth-order valence-electron chi connectivity index (χ4n) is 3.53. The number of carbonyl (C=O) groups excluding carboxylic acids is 2. The molecule has 0 bridgehead atoms. The normalized spacial score (nSPS) is 11.8. The lowest BCUT2D eigenvalue weighted by Gasteiger charge is -2.19. The molecule has 3 aromatic rings. The third kappa shape index (κ3) is 9.08. The number of hydrazone groups is 1. The molecule has 7 nitrogen and oxygen atoms in total. The molecule has 2 N–H and O–H groups in total. The van der Waals surface area contributed by atoms with Gasteiger partial charge < -0.3 is 14.8 Å². The van der Waals surface area contributed by atoms with Crippen LogP contribution in [0.3, 0.4) is 0 Å². The number of nitrogens with zero attached hydrogens (tertiary/aromatic N) is 1. The van der Waals surface area contributed by atoms with Gasteiger partial charge in [0.05, 0.1) is 12.8 Å². The number of hydrogen-bond donors (Lipinski definition) is 2. The summed E-state index contributed by atoms with van der Waals surface area (Å²) in [6.07, 6.45) is 1.96. The van der Waals surface area contributed by atoms with Crippen molar-refractivity contribution < 1.29 is 19.1 Å². The van der Waals surface area contributed by atoms with Gasteiger partial charge in [-0.15, -0.1) is 0 Å². The van der Waals surface area contributed by atoms with Crippen LogP contribution in [0.15, 0.2) is 71.8 Å². The molecule has 0 aromatic heterocycles. The van der Waals surface area contributed by atoms with Crippen LogP contribution in [-0.4, -0.2) is 30.7 Å². The van der Waals surface area contributed by atoms with Gasteiger partial charge in [0.1, 0.15) is 12.6 Å². The van der Waals surface area contributed by atoms with E-state index in [2.05, 4.69) is 15.8 Å². The van der Waals surface area contributed by atoms with Crippen LogP contribution in [0.4, 0.5) is 0 Å². The van der Waals surface area contributed by atoms with Crippen LogP contribution >= 0.6 is 23.2 Å². The number of ether oxygens (including phenoxy) is 2. The lowest BCUT2D eigenvalue weighted by atomic mass is 10.0. The summed E-state index contributed by atoms with van der Waals surface area (Å²) in [5.41, 5.74) is 4.63. The number of benzene rings is 3. The number of amides is 2. The molecule has 3 aromatic carbocycles. The second-order valence-corrected chi connectivity index (χ2v) is 9.82. The molecule has 3 rings (SSSR count). The summed E-state index contributed by atoms with van der Waals surface area (Å²) in [7, 11) is 0. The van der Waals surface area contributed by atoms with Gasteiger partial charge in [0.2, 0.25) is 0 Å². The first kappa shape index (κ1) is 29.0. The van der Waals surface area contributed by atoms with Crippen LogP contribution in [0.2, 0.25) is 10.0 Å². The molecule has 0 saturated carbocycles. The van der Waals surface area contributed by atoms with Gasteiger partial charge in [-0.05, 0) is 85.0 Å². The number of hydrogen-bond acceptors (Lipinski definition) is 5. The summed E-state index contributed by atoms with van der Waals surface area (Å²) in [4.78, 5) is 25.5. The third-order valence-electron chi connectivity index (χ3n) is 5.40. The van der Waals surface area contributed by atoms with Gasteiger partial charge in [-0.1, -0.05) is 49.2 Å². The lowest BCUT2D eigenvalue weighted by molar-refractivity contribution is -0.123. The molecular formula is C29H31Cl2N3O4. The standard InChI is InChI=1S/C29H31Cl2N3O4/c1-4-37-27-16-21(7-14-26(27)38-18-20-5-10-23(30)11-6-20)17-32-34-29(36)25(15-19(2)3)33-28(35)22-8-12-24(31)13-9-22/h5-14,16-17,19,25H,4,15,18H2,1-3H3,(H,33,35)(H,34,36). The van der Waals surface area contributed by atoms with E-state index < -0.39 is 11.9 Å². The van der Waals surface area contributed by atoms with E-state index in [1.54, 1.807) is 36.4 Å². The summed E-state index contributed by atoms with van der Waals surface area (Å²) in [5.74, 6) is 0.552. The molecule has 1 atom stereocenters. The zero-order valence-electron chi connectivity index (χ0n) is 21.5. The van der Waals surface area contributed by atoms with Crippen LogP contribution in [0, 0.1) is 5.92 Å². The molecule has 0 saturated heterocycles. The summed E-state index contributed by atoms with van der Waals surface area (Å²) >= 11 is 11.8. The first-order valence-corrected chi connectivity index (χ1v) is 13.0. The Labute approximate surface area is 233 Å². The fraction of sp³-hybridized carbons (Fsp3) is 0.276. The molecule has 38 heavy (non-hydrogen) atoms. The van der Waals surface area contributed by atoms with E-state index >= 15 is 0 Å². The smallest absolute Gasteiger partial charge is 0.262 e. The van der Waals surface area contributed by atoms with Crippen LogP contribution in [0.25, 0.3) is 0 Å². The SMILES string of the molecule is CCOc1cc(C=NNC(=O)C(CC(C)C)NC(=O)c2ccc(Cl)cc2)ccc1OCc1ccc(Cl)cc1. The Morgan fingerprint density at radius 2 is 1.58 bits per heavy atom. The molecule has 200 valence electrons. The number of carbonyl (C=O) groups is 2. The Morgan fingerprint density at radius 1 is 0.921 bits per heavy atom. The summed E-state index contributed by atoms with van der Waals surface area (Å²) in [6.45, 7) is 6.66. The maximum absolute atomic E-state index is 12.8. The van der Waals surface area contributed by atoms with E-state index in [-0.39, 0.29) is 11.8 Å². The average molecular weight is 556 g/mol. The average Bonchev–Trinajstić information content (AvgIpc) is 2.89. The van der Waals surface area contributed by atoms with Crippen molar-refractivity contribution >= 4 is 41.2 Å². The van der Waals surface area contributed by atoms with Crippen LogP contribution in [0.1, 0.15) is 48.7 Å². The van der Waals surface area contributed by atoms with Crippen molar-refractivity contribution in [3.8, 4) is 11.5 Å². The van der Waals surface area contributed by atoms with Crippen LogP contribution in [-0.2, 0) is 11.4 Å². The molecule has 0 spiro atoms. The van der Waals surface area contributed by atoms with Crippen LogP contribution < -0.4 is 20.2 Å². The predicted molar refractivity (Wildman–Crippen MR) is 151 cm³/mol. The Bertz CT molecular complexity index is 1250. The van der Waals surface area contributed by atoms with Crippen LogP contribution in [0.5, 0.6) is 11.5 Å². The predicted octanol–water partition coefficient (Wildman–Crippen LogP) is 6.27. The number of halogens is 2. The van der Waals surface area contributed by atoms with Crippen molar-refractivity contribution in [2.75, 3.05) is 6.61 Å². The molecule has 0 aliphatic carbocycles. The third-order valence-corrected chi connectivity index (χ3v) is 5.90. The first-order chi connectivity index (χ1) is 18.2. The Morgan fingerprint density at radius 3 is 2.21 bits per heavy atom. The quantitative estimate of drug-likeness (QED) is 0.203. The maximum atomic E-state index is 12.8. The van der Waals surface area contributed by atoms with Crippen molar-refractivity contribution in [3.05, 3.63) is 93.5 Å². The van der Waals surface area contributed by atoms with Gasteiger partial charge in [0.15, 0.2) is 11.5 Å². The van der Waals surface area contributed by atoms with Crippen molar-refractivity contribution in [3.63, 3.8) is 0 Å². The van der Waals surface area contributed by atoms with Crippen molar-refractivity contribution in [1.82, 2.24) is 10.7 Å². The van der Waals surface area contributed by atoms with E-state index in [0.717, 1.165) is 5.56 Å².